The van der Waals surface area contributed by atoms with Gasteiger partial charge in [-0.3, -0.25) is 0 Å². The zero-order valence-corrected chi connectivity index (χ0v) is 12.5. The van der Waals surface area contributed by atoms with Crippen molar-refractivity contribution in [3.63, 3.8) is 0 Å². The average molecular weight is 251 g/mol. The Bertz CT molecular complexity index is 327. The zero-order chi connectivity index (χ0) is 13.0. The van der Waals surface area contributed by atoms with Gasteiger partial charge in [-0.2, -0.15) is 0 Å². The van der Waals surface area contributed by atoms with Gasteiger partial charge in [0.2, 0.25) is 0 Å². The summed E-state index contributed by atoms with van der Waals surface area (Å²) in [5.74, 6) is 0.934. The summed E-state index contributed by atoms with van der Waals surface area (Å²) in [6.07, 6.45) is 7.65. The summed E-state index contributed by atoms with van der Waals surface area (Å²) in [5, 5.41) is 3.85. The lowest BCUT2D eigenvalue weighted by Gasteiger charge is -2.40. The topological polar surface area (TPSA) is 21.3 Å². The first-order valence-corrected chi connectivity index (χ1v) is 7.82. The van der Waals surface area contributed by atoms with Gasteiger partial charge in [0, 0.05) is 12.6 Å². The van der Waals surface area contributed by atoms with Crippen molar-refractivity contribution in [3.8, 4) is 0 Å². The van der Waals surface area contributed by atoms with Crippen LogP contribution in [0.25, 0.3) is 0 Å². The molecule has 18 heavy (non-hydrogen) atoms. The first kappa shape index (κ1) is 12.9. The highest BCUT2D eigenvalue weighted by atomic mass is 16.5. The highest BCUT2D eigenvalue weighted by Gasteiger charge is 2.61. The molecule has 0 aromatic rings. The van der Waals surface area contributed by atoms with Gasteiger partial charge in [0.15, 0.2) is 0 Å². The van der Waals surface area contributed by atoms with Crippen LogP contribution in [0.1, 0.15) is 59.8 Å². The van der Waals surface area contributed by atoms with E-state index in [1.165, 1.54) is 32.1 Å². The second-order valence-electron chi connectivity index (χ2n) is 7.72. The lowest BCUT2D eigenvalue weighted by molar-refractivity contribution is 0.0467. The lowest BCUT2D eigenvalue weighted by Crippen LogP contribution is -2.46. The summed E-state index contributed by atoms with van der Waals surface area (Å²) in [5.41, 5.74) is 1.02. The Kier molecular flexibility index (Phi) is 3.02. The van der Waals surface area contributed by atoms with Crippen LogP contribution in [0.4, 0.5) is 0 Å². The number of hydrogen-bond acceptors (Lipinski definition) is 2. The highest BCUT2D eigenvalue weighted by Crippen LogP contribution is 2.65. The van der Waals surface area contributed by atoms with Crippen molar-refractivity contribution >= 4 is 0 Å². The van der Waals surface area contributed by atoms with Crippen LogP contribution in [0.5, 0.6) is 0 Å². The third-order valence-electron chi connectivity index (χ3n) is 6.71. The van der Waals surface area contributed by atoms with Crippen LogP contribution in [0.2, 0.25) is 0 Å². The van der Waals surface area contributed by atoms with Crippen molar-refractivity contribution in [1.82, 2.24) is 5.32 Å². The van der Waals surface area contributed by atoms with Crippen LogP contribution >= 0.6 is 0 Å². The molecule has 3 rings (SSSR count). The Labute approximate surface area is 112 Å². The normalized spacial score (nSPS) is 50.0. The molecule has 1 aliphatic heterocycles. The minimum atomic E-state index is 0.464. The summed E-state index contributed by atoms with van der Waals surface area (Å²) in [6, 6.07) is 0.714. The maximum Gasteiger partial charge on any atom is 0.0704 e. The molecule has 1 N–H and O–H groups in total. The van der Waals surface area contributed by atoms with Crippen LogP contribution < -0.4 is 5.32 Å². The molecule has 3 fully saturated rings. The van der Waals surface area contributed by atoms with E-state index in [0.29, 0.717) is 29.1 Å². The van der Waals surface area contributed by atoms with Crippen molar-refractivity contribution in [1.29, 1.82) is 0 Å². The molecule has 2 heteroatoms. The first-order valence-electron chi connectivity index (χ1n) is 7.82. The van der Waals surface area contributed by atoms with E-state index in [4.69, 9.17) is 4.74 Å². The molecule has 0 amide bonds. The third-order valence-corrected chi connectivity index (χ3v) is 6.71. The Morgan fingerprint density at radius 1 is 1.17 bits per heavy atom. The molecule has 2 aliphatic carbocycles. The van der Waals surface area contributed by atoms with E-state index in [9.17, 15) is 0 Å². The molecule has 2 saturated carbocycles. The Morgan fingerprint density at radius 2 is 1.94 bits per heavy atom. The molecule has 0 aromatic heterocycles. The minimum Gasteiger partial charge on any atom is -0.374 e. The van der Waals surface area contributed by atoms with E-state index < -0.39 is 0 Å². The van der Waals surface area contributed by atoms with Gasteiger partial charge in [-0.15, -0.1) is 0 Å². The van der Waals surface area contributed by atoms with Gasteiger partial charge in [-0.05, 0) is 55.8 Å². The summed E-state index contributed by atoms with van der Waals surface area (Å²) in [6.45, 7) is 10.7. The van der Waals surface area contributed by atoms with Crippen LogP contribution in [-0.2, 0) is 4.74 Å². The fourth-order valence-electron chi connectivity index (χ4n) is 4.82. The van der Waals surface area contributed by atoms with Gasteiger partial charge < -0.3 is 10.1 Å². The van der Waals surface area contributed by atoms with Crippen LogP contribution in [0, 0.1) is 16.7 Å². The van der Waals surface area contributed by atoms with Crippen molar-refractivity contribution in [2.75, 3.05) is 6.54 Å². The molecular formula is C16H29NO. The Hall–Kier alpha value is -0.0800. The summed E-state index contributed by atoms with van der Waals surface area (Å²) >= 11 is 0. The van der Waals surface area contributed by atoms with Gasteiger partial charge in [-0.1, -0.05) is 20.8 Å². The highest BCUT2D eigenvalue weighted by molar-refractivity contribution is 5.13. The largest absolute Gasteiger partial charge is 0.374 e. The van der Waals surface area contributed by atoms with Crippen molar-refractivity contribution in [3.05, 3.63) is 0 Å². The quantitative estimate of drug-likeness (QED) is 0.830. The molecule has 5 unspecified atom stereocenters. The van der Waals surface area contributed by atoms with Crippen LogP contribution in [0.3, 0.4) is 0 Å². The molecular weight excluding hydrogens is 222 g/mol. The molecule has 3 aliphatic rings. The molecule has 0 radical (unpaired) electrons. The first-order chi connectivity index (χ1) is 8.43. The number of fused-ring (bicyclic) bond motifs is 2. The summed E-state index contributed by atoms with van der Waals surface area (Å²) in [7, 11) is 0. The van der Waals surface area contributed by atoms with E-state index >= 15 is 0 Å². The monoisotopic (exact) mass is 251 g/mol. The van der Waals surface area contributed by atoms with E-state index in [0.717, 1.165) is 12.5 Å². The van der Waals surface area contributed by atoms with E-state index in [2.05, 4.69) is 33.0 Å². The predicted octanol–water partition coefficient (Wildman–Crippen LogP) is 3.36. The van der Waals surface area contributed by atoms with Gasteiger partial charge in [0.25, 0.3) is 0 Å². The molecule has 1 heterocycles. The van der Waals surface area contributed by atoms with Crippen molar-refractivity contribution < 1.29 is 4.74 Å². The third kappa shape index (κ3) is 1.76. The van der Waals surface area contributed by atoms with Crippen molar-refractivity contribution in [2.24, 2.45) is 16.7 Å². The summed E-state index contributed by atoms with van der Waals surface area (Å²) in [4.78, 5) is 0. The number of rotatable bonds is 3. The van der Waals surface area contributed by atoms with Gasteiger partial charge in [0.05, 0.1) is 12.2 Å². The fourth-order valence-corrected chi connectivity index (χ4v) is 4.82. The van der Waals surface area contributed by atoms with E-state index in [1.807, 2.05) is 0 Å². The van der Waals surface area contributed by atoms with Gasteiger partial charge in [-0.25, -0.2) is 0 Å². The maximum absolute atomic E-state index is 5.92. The van der Waals surface area contributed by atoms with E-state index in [-0.39, 0.29) is 0 Å². The van der Waals surface area contributed by atoms with Crippen LogP contribution in [-0.4, -0.2) is 24.8 Å². The molecule has 2 bridgehead atoms. The molecule has 1 saturated heterocycles. The molecule has 5 atom stereocenters. The Morgan fingerprint density at radius 3 is 2.44 bits per heavy atom. The van der Waals surface area contributed by atoms with Crippen molar-refractivity contribution in [2.45, 2.75) is 78.0 Å². The predicted molar refractivity (Wildman–Crippen MR) is 74.6 cm³/mol. The molecule has 0 aromatic carbocycles. The molecule has 0 spiro atoms. The maximum atomic E-state index is 5.92. The second-order valence-corrected chi connectivity index (χ2v) is 7.72. The van der Waals surface area contributed by atoms with Gasteiger partial charge in [0.1, 0.15) is 0 Å². The SMILES string of the molecule is CC1CCC(CNC2CC3CCC2(C)C3(C)C)O1. The number of ether oxygens (including phenoxy) is 1. The number of hydrogen-bond donors (Lipinski definition) is 1. The Balaban J connectivity index is 1.59. The molecule has 104 valence electrons. The van der Waals surface area contributed by atoms with E-state index in [1.54, 1.807) is 0 Å². The second kappa shape index (κ2) is 4.21. The minimum absolute atomic E-state index is 0.464. The smallest absolute Gasteiger partial charge is 0.0704 e. The molecule has 2 nitrogen and oxygen atoms in total. The van der Waals surface area contributed by atoms with Crippen LogP contribution in [0.15, 0.2) is 0 Å². The lowest BCUT2D eigenvalue weighted by atomic mass is 9.69. The average Bonchev–Trinajstić information content (AvgIpc) is 2.87. The standard InChI is InChI=1S/C16H29NO/c1-11-5-6-13(18-11)10-17-14-9-12-7-8-16(14,4)15(12,2)3/h11-14,17H,5-10H2,1-4H3. The summed E-state index contributed by atoms with van der Waals surface area (Å²) < 4.78 is 5.92. The fraction of sp³-hybridized carbons (Fsp3) is 1.00. The zero-order valence-electron chi connectivity index (χ0n) is 12.5. The van der Waals surface area contributed by atoms with Gasteiger partial charge >= 0.3 is 0 Å². The number of nitrogens with one attached hydrogen (secondary N) is 1.